The number of hydrogen-bond donors (Lipinski definition) is 2. The van der Waals surface area contributed by atoms with Gasteiger partial charge in [-0.2, -0.15) is 0 Å². The van der Waals surface area contributed by atoms with Crippen molar-refractivity contribution in [1.29, 1.82) is 0 Å². The molecule has 3 unspecified atom stereocenters. The third kappa shape index (κ3) is 6.98. The summed E-state index contributed by atoms with van der Waals surface area (Å²) in [5, 5.41) is 7.10. The number of aliphatic imine (C=N–C) groups is 1. The number of rotatable bonds is 7. The van der Waals surface area contributed by atoms with Crippen LogP contribution in [0.25, 0.3) is 0 Å². The minimum absolute atomic E-state index is 0.207. The molecule has 0 saturated heterocycles. The van der Waals surface area contributed by atoms with E-state index in [1.807, 2.05) is 6.92 Å². The molecule has 1 aliphatic rings. The second kappa shape index (κ2) is 10.8. The fourth-order valence-electron chi connectivity index (χ4n) is 3.01. The van der Waals surface area contributed by atoms with E-state index in [-0.39, 0.29) is 5.82 Å². The topological polar surface area (TPSA) is 53.5 Å². The van der Waals surface area contributed by atoms with Gasteiger partial charge in [0, 0.05) is 52.1 Å². The fraction of sp³-hybridized carbons (Fsp3) is 0.611. The maximum Gasteiger partial charge on any atom is 0.191 e. The van der Waals surface area contributed by atoms with Crippen LogP contribution in [0.4, 0.5) is 4.39 Å². The molecule has 2 rings (SSSR count). The standard InChI is InChI=1S/C18H28FN3OS2/c1-3-25(23)17-6-4-5-15(13-17)22-18(20-2)21-11-12-24-16-9-7-14(19)8-10-16/h7-10,15,17H,3-6,11-13H2,1-2H3,(H2,20,21,22). The van der Waals surface area contributed by atoms with E-state index >= 15 is 0 Å². The lowest BCUT2D eigenvalue weighted by molar-refractivity contribution is 0.414. The van der Waals surface area contributed by atoms with Crippen LogP contribution in [0.1, 0.15) is 32.6 Å². The van der Waals surface area contributed by atoms with Gasteiger partial charge in [-0.15, -0.1) is 11.8 Å². The molecule has 25 heavy (non-hydrogen) atoms. The predicted octanol–water partition coefficient (Wildman–Crippen LogP) is 3.16. The molecule has 0 spiro atoms. The third-order valence-corrected chi connectivity index (χ3v) is 7.08. The largest absolute Gasteiger partial charge is 0.356 e. The summed E-state index contributed by atoms with van der Waals surface area (Å²) in [5.74, 6) is 2.21. The lowest BCUT2D eigenvalue weighted by atomic mass is 9.95. The van der Waals surface area contributed by atoms with Gasteiger partial charge in [-0.25, -0.2) is 4.39 Å². The molecule has 0 heterocycles. The number of nitrogens with zero attached hydrogens (tertiary/aromatic N) is 1. The summed E-state index contributed by atoms with van der Waals surface area (Å²) in [7, 11) is 1.06. The molecule has 1 aromatic rings. The Labute approximate surface area is 156 Å². The van der Waals surface area contributed by atoms with Crippen LogP contribution in [-0.2, 0) is 10.8 Å². The van der Waals surface area contributed by atoms with Crippen LogP contribution in [0.2, 0.25) is 0 Å². The van der Waals surface area contributed by atoms with E-state index in [4.69, 9.17) is 0 Å². The molecule has 140 valence electrons. The number of nitrogens with one attached hydrogen (secondary N) is 2. The lowest BCUT2D eigenvalue weighted by Gasteiger charge is -2.30. The van der Waals surface area contributed by atoms with E-state index in [1.165, 1.54) is 12.1 Å². The number of guanidine groups is 1. The summed E-state index contributed by atoms with van der Waals surface area (Å²) in [6.07, 6.45) is 4.23. The number of halogens is 1. The molecule has 4 nitrogen and oxygen atoms in total. The van der Waals surface area contributed by atoms with Gasteiger partial charge < -0.3 is 10.6 Å². The van der Waals surface area contributed by atoms with Gasteiger partial charge in [0.1, 0.15) is 5.82 Å². The molecule has 2 N–H and O–H groups in total. The molecule has 0 bridgehead atoms. The summed E-state index contributed by atoms with van der Waals surface area (Å²) in [6.45, 7) is 2.77. The Morgan fingerprint density at radius 3 is 2.80 bits per heavy atom. The van der Waals surface area contributed by atoms with E-state index < -0.39 is 10.8 Å². The highest BCUT2D eigenvalue weighted by Gasteiger charge is 2.25. The minimum Gasteiger partial charge on any atom is -0.356 e. The number of hydrogen-bond acceptors (Lipinski definition) is 3. The molecule has 1 fully saturated rings. The van der Waals surface area contributed by atoms with Crippen molar-refractivity contribution in [2.45, 2.75) is 48.8 Å². The van der Waals surface area contributed by atoms with Crippen LogP contribution in [0.5, 0.6) is 0 Å². The van der Waals surface area contributed by atoms with Gasteiger partial charge in [0.2, 0.25) is 0 Å². The van der Waals surface area contributed by atoms with E-state index in [9.17, 15) is 8.60 Å². The van der Waals surface area contributed by atoms with Crippen molar-refractivity contribution in [3.8, 4) is 0 Å². The second-order valence-corrected chi connectivity index (χ2v) is 9.27. The lowest BCUT2D eigenvalue weighted by Crippen LogP contribution is -2.47. The quantitative estimate of drug-likeness (QED) is 0.328. The molecule has 0 radical (unpaired) electrons. The second-order valence-electron chi connectivity index (χ2n) is 6.10. The van der Waals surface area contributed by atoms with E-state index in [0.29, 0.717) is 11.3 Å². The van der Waals surface area contributed by atoms with Crippen molar-refractivity contribution < 1.29 is 8.60 Å². The Balaban J connectivity index is 1.71. The normalized spacial score (nSPS) is 22.4. The average Bonchev–Trinajstić information content (AvgIpc) is 2.65. The van der Waals surface area contributed by atoms with Crippen LogP contribution >= 0.6 is 11.8 Å². The van der Waals surface area contributed by atoms with Gasteiger partial charge in [0.15, 0.2) is 5.96 Å². The number of benzene rings is 1. The molecular weight excluding hydrogens is 357 g/mol. The Morgan fingerprint density at radius 2 is 2.12 bits per heavy atom. The van der Waals surface area contributed by atoms with Crippen molar-refractivity contribution in [2.75, 3.05) is 25.1 Å². The zero-order chi connectivity index (χ0) is 18.1. The number of thioether (sulfide) groups is 1. The zero-order valence-corrected chi connectivity index (χ0v) is 16.6. The molecule has 0 amide bonds. The maximum atomic E-state index is 12.9. The highest BCUT2D eigenvalue weighted by Crippen LogP contribution is 2.23. The monoisotopic (exact) mass is 385 g/mol. The molecular formula is C18H28FN3OS2. The first-order chi connectivity index (χ1) is 12.1. The first-order valence-corrected chi connectivity index (χ1v) is 11.2. The first-order valence-electron chi connectivity index (χ1n) is 8.85. The Hall–Kier alpha value is -1.08. The van der Waals surface area contributed by atoms with Crippen molar-refractivity contribution in [1.82, 2.24) is 10.6 Å². The highest BCUT2D eigenvalue weighted by atomic mass is 32.2. The van der Waals surface area contributed by atoms with Crippen LogP contribution in [0.15, 0.2) is 34.2 Å². The van der Waals surface area contributed by atoms with Crippen molar-refractivity contribution in [3.63, 3.8) is 0 Å². The first kappa shape index (κ1) is 20.2. The average molecular weight is 386 g/mol. The van der Waals surface area contributed by atoms with Crippen molar-refractivity contribution in [2.24, 2.45) is 4.99 Å². The van der Waals surface area contributed by atoms with Gasteiger partial charge in [-0.1, -0.05) is 13.3 Å². The van der Waals surface area contributed by atoms with Crippen LogP contribution in [0.3, 0.4) is 0 Å². The maximum absolute atomic E-state index is 12.9. The molecule has 1 aliphatic carbocycles. The van der Waals surface area contributed by atoms with Gasteiger partial charge in [0.25, 0.3) is 0 Å². The molecule has 1 saturated carbocycles. The fourth-order valence-corrected chi connectivity index (χ4v) is 5.12. The van der Waals surface area contributed by atoms with E-state index in [1.54, 1.807) is 30.9 Å². The summed E-state index contributed by atoms with van der Waals surface area (Å²) in [5.41, 5.74) is 0. The van der Waals surface area contributed by atoms with Gasteiger partial charge in [-0.3, -0.25) is 9.20 Å². The Morgan fingerprint density at radius 1 is 1.36 bits per heavy atom. The SMILES string of the molecule is CCS(=O)C1CCCC(NC(=NC)NCCSc2ccc(F)cc2)C1. The van der Waals surface area contributed by atoms with E-state index in [2.05, 4.69) is 15.6 Å². The van der Waals surface area contributed by atoms with E-state index in [0.717, 1.165) is 54.6 Å². The molecule has 0 aliphatic heterocycles. The predicted molar refractivity (Wildman–Crippen MR) is 106 cm³/mol. The van der Waals surface area contributed by atoms with Crippen molar-refractivity contribution >= 4 is 28.5 Å². The van der Waals surface area contributed by atoms with Crippen LogP contribution in [-0.4, -0.2) is 46.6 Å². The molecule has 7 heteroatoms. The van der Waals surface area contributed by atoms with Gasteiger partial charge in [0.05, 0.1) is 0 Å². The Bertz CT molecular complexity index is 580. The highest BCUT2D eigenvalue weighted by molar-refractivity contribution is 7.99. The zero-order valence-electron chi connectivity index (χ0n) is 15.0. The summed E-state index contributed by atoms with van der Waals surface area (Å²) in [6, 6.07) is 6.89. The third-order valence-electron chi connectivity index (χ3n) is 4.32. The smallest absolute Gasteiger partial charge is 0.191 e. The molecule has 3 atom stereocenters. The van der Waals surface area contributed by atoms with Gasteiger partial charge in [-0.05, 0) is 43.5 Å². The summed E-state index contributed by atoms with van der Waals surface area (Å²) >= 11 is 1.68. The minimum atomic E-state index is -0.711. The Kier molecular flexibility index (Phi) is 8.75. The molecule has 0 aromatic heterocycles. The summed E-state index contributed by atoms with van der Waals surface area (Å²) < 4.78 is 24.9. The molecule has 1 aromatic carbocycles. The summed E-state index contributed by atoms with van der Waals surface area (Å²) in [4.78, 5) is 5.35. The van der Waals surface area contributed by atoms with Gasteiger partial charge >= 0.3 is 0 Å². The van der Waals surface area contributed by atoms with Crippen LogP contribution < -0.4 is 10.6 Å². The van der Waals surface area contributed by atoms with Crippen molar-refractivity contribution in [3.05, 3.63) is 30.1 Å². The van der Waals surface area contributed by atoms with Crippen LogP contribution in [0, 0.1) is 5.82 Å².